The molecule has 0 saturated carbocycles. The lowest BCUT2D eigenvalue weighted by Gasteiger charge is -2.23. The molecule has 0 bridgehead atoms. The van der Waals surface area contributed by atoms with Gasteiger partial charge in [-0.25, -0.2) is 4.68 Å². The monoisotopic (exact) mass is 342 g/mol. The largest absolute Gasteiger partial charge is 0.350 e. The summed E-state index contributed by atoms with van der Waals surface area (Å²) in [6.45, 7) is 0.543. The van der Waals surface area contributed by atoms with Crippen molar-refractivity contribution in [3.63, 3.8) is 0 Å². The highest BCUT2D eigenvalue weighted by Gasteiger charge is 2.17. The number of carbonyl (C=O) groups excluding carboxylic acids is 1. The van der Waals surface area contributed by atoms with E-state index < -0.39 is 0 Å². The van der Waals surface area contributed by atoms with E-state index in [1.807, 2.05) is 37.7 Å². The summed E-state index contributed by atoms with van der Waals surface area (Å²) in [4.78, 5) is 15.8. The first-order valence-corrected chi connectivity index (χ1v) is 8.34. The summed E-state index contributed by atoms with van der Waals surface area (Å²) >= 11 is 1.69. The van der Waals surface area contributed by atoms with Gasteiger partial charge < -0.3 is 10.2 Å². The van der Waals surface area contributed by atoms with E-state index in [-0.39, 0.29) is 11.9 Å². The molecular formula is C16H18N6OS. The van der Waals surface area contributed by atoms with E-state index in [0.29, 0.717) is 12.1 Å². The van der Waals surface area contributed by atoms with Crippen LogP contribution in [0.15, 0.2) is 48.1 Å². The van der Waals surface area contributed by atoms with Crippen molar-refractivity contribution in [2.24, 2.45) is 0 Å². The summed E-state index contributed by atoms with van der Waals surface area (Å²) in [6, 6.07) is 11.5. The summed E-state index contributed by atoms with van der Waals surface area (Å²) < 4.78 is 1.52. The summed E-state index contributed by atoms with van der Waals surface area (Å²) in [6.07, 6.45) is 1.50. The lowest BCUT2D eigenvalue weighted by Crippen LogP contribution is -2.34. The molecular weight excluding hydrogens is 324 g/mol. The highest BCUT2D eigenvalue weighted by atomic mass is 32.1. The van der Waals surface area contributed by atoms with Gasteiger partial charge in [0.1, 0.15) is 6.33 Å². The zero-order chi connectivity index (χ0) is 16.9. The predicted molar refractivity (Wildman–Crippen MR) is 92.2 cm³/mol. The molecule has 0 aliphatic heterocycles. The minimum absolute atomic E-state index is 0.117. The maximum atomic E-state index is 12.5. The molecule has 2 aromatic heterocycles. The number of aromatic nitrogens is 4. The van der Waals surface area contributed by atoms with Gasteiger partial charge in [-0.05, 0) is 54.2 Å². The Hall–Kier alpha value is -2.58. The highest BCUT2D eigenvalue weighted by Crippen LogP contribution is 2.22. The van der Waals surface area contributed by atoms with Crippen molar-refractivity contribution >= 4 is 17.2 Å². The summed E-state index contributed by atoms with van der Waals surface area (Å²) in [7, 11) is 4.02. The molecule has 0 radical (unpaired) electrons. The molecule has 0 aliphatic carbocycles. The van der Waals surface area contributed by atoms with E-state index in [0.717, 1.165) is 5.69 Å². The maximum Gasteiger partial charge on any atom is 0.251 e. The van der Waals surface area contributed by atoms with Gasteiger partial charge in [-0.1, -0.05) is 12.1 Å². The van der Waals surface area contributed by atoms with Crippen molar-refractivity contribution in [1.82, 2.24) is 30.4 Å². The molecule has 0 spiro atoms. The molecule has 2 heterocycles. The van der Waals surface area contributed by atoms with Gasteiger partial charge in [0, 0.05) is 17.0 Å². The molecule has 0 saturated heterocycles. The minimum Gasteiger partial charge on any atom is -0.350 e. The molecule has 7 nitrogen and oxygen atoms in total. The molecule has 1 aromatic carbocycles. The van der Waals surface area contributed by atoms with Crippen LogP contribution >= 0.6 is 11.3 Å². The van der Waals surface area contributed by atoms with Gasteiger partial charge in [-0.3, -0.25) is 4.79 Å². The van der Waals surface area contributed by atoms with Crippen LogP contribution in [0.25, 0.3) is 5.69 Å². The fourth-order valence-corrected chi connectivity index (χ4v) is 3.30. The van der Waals surface area contributed by atoms with Gasteiger partial charge in [-0.2, -0.15) is 0 Å². The molecule has 124 valence electrons. The van der Waals surface area contributed by atoms with Crippen LogP contribution in [0.3, 0.4) is 0 Å². The lowest BCUT2D eigenvalue weighted by atomic mass is 10.1. The Morgan fingerprint density at radius 1 is 1.33 bits per heavy atom. The summed E-state index contributed by atoms with van der Waals surface area (Å²) in [5, 5.41) is 16.1. The smallest absolute Gasteiger partial charge is 0.251 e. The number of hydrogen-bond acceptors (Lipinski definition) is 6. The predicted octanol–water partition coefficient (Wildman–Crippen LogP) is 1.76. The van der Waals surface area contributed by atoms with Crippen LogP contribution in [0, 0.1) is 0 Å². The number of hydrogen-bond donors (Lipinski definition) is 1. The minimum atomic E-state index is -0.117. The van der Waals surface area contributed by atoms with Crippen molar-refractivity contribution in [3.05, 3.63) is 58.5 Å². The standard InChI is InChI=1S/C16H18N6OS/c1-21(2)14(15-7-4-8-24-15)10-17-16(23)12-5-3-6-13(9-12)22-11-18-19-20-22/h3-9,11,14H,10H2,1-2H3,(H,17,23). The molecule has 1 unspecified atom stereocenters. The second kappa shape index (κ2) is 7.33. The van der Waals surface area contributed by atoms with E-state index in [1.165, 1.54) is 15.9 Å². The first-order valence-electron chi connectivity index (χ1n) is 7.46. The average molecular weight is 342 g/mol. The molecule has 1 atom stereocenters. The van der Waals surface area contributed by atoms with Gasteiger partial charge in [0.05, 0.1) is 11.7 Å². The Kier molecular flexibility index (Phi) is 4.97. The van der Waals surface area contributed by atoms with E-state index in [2.05, 4.69) is 31.8 Å². The molecule has 0 fully saturated rings. The third-order valence-electron chi connectivity index (χ3n) is 3.67. The number of likely N-dealkylation sites (N-methyl/N-ethyl adjacent to an activating group) is 1. The second-order valence-corrected chi connectivity index (χ2v) is 6.49. The van der Waals surface area contributed by atoms with E-state index in [1.54, 1.807) is 23.5 Å². The topological polar surface area (TPSA) is 75.9 Å². The molecule has 1 N–H and O–H groups in total. The quantitative estimate of drug-likeness (QED) is 0.739. The number of nitrogens with zero attached hydrogens (tertiary/aromatic N) is 5. The van der Waals surface area contributed by atoms with Gasteiger partial charge in [0.2, 0.25) is 0 Å². The van der Waals surface area contributed by atoms with Crippen molar-refractivity contribution in [1.29, 1.82) is 0 Å². The zero-order valence-electron chi connectivity index (χ0n) is 13.5. The number of tetrazole rings is 1. The Bertz CT molecular complexity index is 785. The Morgan fingerprint density at radius 2 is 2.21 bits per heavy atom. The number of benzene rings is 1. The number of thiophene rings is 1. The fourth-order valence-electron chi connectivity index (χ4n) is 2.38. The Morgan fingerprint density at radius 3 is 2.88 bits per heavy atom. The van der Waals surface area contributed by atoms with Crippen molar-refractivity contribution in [2.75, 3.05) is 20.6 Å². The first-order chi connectivity index (χ1) is 11.6. The van der Waals surface area contributed by atoms with E-state index in [9.17, 15) is 4.79 Å². The Labute approximate surface area is 143 Å². The molecule has 8 heteroatoms. The first kappa shape index (κ1) is 16.3. The number of nitrogens with one attached hydrogen (secondary N) is 1. The Balaban J connectivity index is 1.70. The van der Waals surface area contributed by atoms with E-state index >= 15 is 0 Å². The summed E-state index contributed by atoms with van der Waals surface area (Å²) in [5.41, 5.74) is 1.32. The van der Waals surface area contributed by atoms with Crippen molar-refractivity contribution in [3.8, 4) is 5.69 Å². The van der Waals surface area contributed by atoms with Crippen LogP contribution in [0.2, 0.25) is 0 Å². The van der Waals surface area contributed by atoms with Crippen molar-refractivity contribution < 1.29 is 4.79 Å². The van der Waals surface area contributed by atoms with Crippen LogP contribution in [-0.4, -0.2) is 51.7 Å². The van der Waals surface area contributed by atoms with Gasteiger partial charge >= 0.3 is 0 Å². The van der Waals surface area contributed by atoms with Gasteiger partial charge in [0.15, 0.2) is 0 Å². The normalized spacial score (nSPS) is 12.3. The second-order valence-electron chi connectivity index (χ2n) is 5.51. The van der Waals surface area contributed by atoms with Crippen LogP contribution in [0.5, 0.6) is 0 Å². The molecule has 0 aliphatic rings. The maximum absolute atomic E-state index is 12.5. The van der Waals surface area contributed by atoms with Crippen LogP contribution < -0.4 is 5.32 Å². The van der Waals surface area contributed by atoms with Crippen molar-refractivity contribution in [2.45, 2.75) is 6.04 Å². The number of rotatable bonds is 6. The molecule has 3 rings (SSSR count). The molecule has 3 aromatic rings. The fraction of sp³-hybridized carbons (Fsp3) is 0.250. The molecule has 24 heavy (non-hydrogen) atoms. The average Bonchev–Trinajstić information content (AvgIpc) is 3.28. The zero-order valence-corrected chi connectivity index (χ0v) is 14.3. The van der Waals surface area contributed by atoms with Gasteiger partial charge in [-0.15, -0.1) is 16.4 Å². The highest BCUT2D eigenvalue weighted by molar-refractivity contribution is 7.10. The third-order valence-corrected chi connectivity index (χ3v) is 4.65. The lowest BCUT2D eigenvalue weighted by molar-refractivity contribution is 0.0942. The SMILES string of the molecule is CN(C)C(CNC(=O)c1cccc(-n2cnnn2)c1)c1cccs1. The van der Waals surface area contributed by atoms with Gasteiger partial charge in [0.25, 0.3) is 5.91 Å². The third kappa shape index (κ3) is 3.66. The molecule has 1 amide bonds. The number of carbonyl (C=O) groups is 1. The van der Waals surface area contributed by atoms with Crippen LogP contribution in [-0.2, 0) is 0 Å². The number of amides is 1. The summed E-state index contributed by atoms with van der Waals surface area (Å²) in [5.74, 6) is -0.117. The van der Waals surface area contributed by atoms with Crippen LogP contribution in [0.1, 0.15) is 21.3 Å². The van der Waals surface area contributed by atoms with Crippen LogP contribution in [0.4, 0.5) is 0 Å². The van der Waals surface area contributed by atoms with E-state index in [4.69, 9.17) is 0 Å².